The molecule has 2 heterocycles. The highest BCUT2D eigenvalue weighted by Crippen LogP contribution is 2.12. The summed E-state index contributed by atoms with van der Waals surface area (Å²) in [5, 5.41) is 6.27. The van der Waals surface area contributed by atoms with Crippen molar-refractivity contribution in [2.24, 2.45) is 0 Å². The van der Waals surface area contributed by atoms with Crippen molar-refractivity contribution in [3.63, 3.8) is 0 Å². The first-order valence-corrected chi connectivity index (χ1v) is 6.21. The standard InChI is InChI=1S/C13H19N3O/c1-10(11-5-4-7-14-9-11)16-13(17)12-6-2-3-8-15-12/h4-5,7,9-10,12,15H,2-3,6,8H2,1H3,(H,16,17)/t10?,12-/m0/s1. The Balaban J connectivity index is 1.89. The molecule has 0 saturated carbocycles. The number of carbonyl (C=O) groups is 1. The molecule has 0 bridgehead atoms. The maximum absolute atomic E-state index is 12.0. The summed E-state index contributed by atoms with van der Waals surface area (Å²) in [4.78, 5) is 16.0. The van der Waals surface area contributed by atoms with Crippen molar-refractivity contribution in [1.82, 2.24) is 15.6 Å². The fraction of sp³-hybridized carbons (Fsp3) is 0.538. The van der Waals surface area contributed by atoms with Crippen molar-refractivity contribution in [3.05, 3.63) is 30.1 Å². The van der Waals surface area contributed by atoms with E-state index in [0.717, 1.165) is 24.9 Å². The lowest BCUT2D eigenvalue weighted by Gasteiger charge is -2.24. The minimum absolute atomic E-state index is 0.0138. The monoisotopic (exact) mass is 233 g/mol. The molecule has 1 fully saturated rings. The zero-order valence-corrected chi connectivity index (χ0v) is 10.1. The van der Waals surface area contributed by atoms with Crippen LogP contribution in [0.3, 0.4) is 0 Å². The van der Waals surface area contributed by atoms with Crippen molar-refractivity contribution in [3.8, 4) is 0 Å². The zero-order valence-electron chi connectivity index (χ0n) is 10.1. The Bertz CT molecular complexity index is 360. The van der Waals surface area contributed by atoms with Crippen LogP contribution in [0.4, 0.5) is 0 Å². The molecule has 1 aromatic heterocycles. The molecular weight excluding hydrogens is 214 g/mol. The molecule has 1 aliphatic heterocycles. The minimum Gasteiger partial charge on any atom is -0.348 e. The summed E-state index contributed by atoms with van der Waals surface area (Å²) in [5.41, 5.74) is 1.04. The van der Waals surface area contributed by atoms with Crippen molar-refractivity contribution >= 4 is 5.91 Å². The molecule has 1 saturated heterocycles. The van der Waals surface area contributed by atoms with Gasteiger partial charge in [0.2, 0.25) is 5.91 Å². The SMILES string of the molecule is CC(NC(=O)[C@@H]1CCCCN1)c1cccnc1. The Labute approximate surface area is 102 Å². The molecule has 0 radical (unpaired) electrons. The summed E-state index contributed by atoms with van der Waals surface area (Å²) in [6.07, 6.45) is 6.76. The van der Waals surface area contributed by atoms with Crippen LogP contribution in [0.25, 0.3) is 0 Å². The fourth-order valence-electron chi connectivity index (χ4n) is 2.11. The Kier molecular flexibility index (Phi) is 4.09. The first kappa shape index (κ1) is 12.0. The van der Waals surface area contributed by atoms with Crippen LogP contribution in [-0.2, 0) is 4.79 Å². The van der Waals surface area contributed by atoms with Gasteiger partial charge in [-0.05, 0) is 37.9 Å². The topological polar surface area (TPSA) is 54.0 Å². The van der Waals surface area contributed by atoms with Gasteiger partial charge in [-0.3, -0.25) is 9.78 Å². The molecule has 0 aromatic carbocycles. The minimum atomic E-state index is -0.0251. The van der Waals surface area contributed by atoms with Gasteiger partial charge in [0.1, 0.15) is 0 Å². The molecule has 1 unspecified atom stereocenters. The smallest absolute Gasteiger partial charge is 0.237 e. The molecule has 17 heavy (non-hydrogen) atoms. The average molecular weight is 233 g/mol. The van der Waals surface area contributed by atoms with Crippen molar-refractivity contribution in [2.45, 2.75) is 38.3 Å². The van der Waals surface area contributed by atoms with E-state index in [1.54, 1.807) is 12.4 Å². The number of piperidine rings is 1. The molecular formula is C13H19N3O. The number of carbonyl (C=O) groups excluding carboxylic acids is 1. The first-order chi connectivity index (χ1) is 8.27. The number of hydrogen-bond donors (Lipinski definition) is 2. The summed E-state index contributed by atoms with van der Waals surface area (Å²) < 4.78 is 0. The van der Waals surface area contributed by atoms with E-state index in [9.17, 15) is 4.79 Å². The maximum atomic E-state index is 12.0. The van der Waals surface area contributed by atoms with Crippen LogP contribution < -0.4 is 10.6 Å². The quantitative estimate of drug-likeness (QED) is 0.829. The molecule has 2 N–H and O–H groups in total. The highest BCUT2D eigenvalue weighted by atomic mass is 16.2. The van der Waals surface area contributed by atoms with Gasteiger partial charge in [0.05, 0.1) is 12.1 Å². The molecule has 0 aliphatic carbocycles. The first-order valence-electron chi connectivity index (χ1n) is 6.21. The predicted molar refractivity (Wildman–Crippen MR) is 66.4 cm³/mol. The van der Waals surface area contributed by atoms with Crippen LogP contribution in [0.15, 0.2) is 24.5 Å². The highest BCUT2D eigenvalue weighted by molar-refractivity contribution is 5.82. The molecule has 0 spiro atoms. The molecule has 4 nitrogen and oxygen atoms in total. The number of aromatic nitrogens is 1. The second kappa shape index (κ2) is 5.77. The number of hydrogen-bond acceptors (Lipinski definition) is 3. The van der Waals surface area contributed by atoms with E-state index in [1.165, 1.54) is 6.42 Å². The molecule has 2 rings (SSSR count). The highest BCUT2D eigenvalue weighted by Gasteiger charge is 2.21. The predicted octanol–water partition coefficient (Wildman–Crippen LogP) is 1.40. The summed E-state index contributed by atoms with van der Waals surface area (Å²) in [5.74, 6) is 0.0982. The number of nitrogens with one attached hydrogen (secondary N) is 2. The summed E-state index contributed by atoms with van der Waals surface area (Å²) in [6, 6.07) is 3.85. The lowest BCUT2D eigenvalue weighted by molar-refractivity contribution is -0.124. The summed E-state index contributed by atoms with van der Waals surface area (Å²) in [6.45, 7) is 2.93. The molecule has 1 aromatic rings. The van der Waals surface area contributed by atoms with E-state index in [0.29, 0.717) is 0 Å². The Morgan fingerprint density at radius 1 is 1.59 bits per heavy atom. The molecule has 2 atom stereocenters. The normalized spacial score (nSPS) is 21.8. The van der Waals surface area contributed by atoms with E-state index in [4.69, 9.17) is 0 Å². The molecule has 1 aliphatic rings. The van der Waals surface area contributed by atoms with E-state index < -0.39 is 0 Å². The maximum Gasteiger partial charge on any atom is 0.237 e. The Morgan fingerprint density at radius 2 is 2.47 bits per heavy atom. The van der Waals surface area contributed by atoms with Gasteiger partial charge in [-0.25, -0.2) is 0 Å². The van der Waals surface area contributed by atoms with Gasteiger partial charge in [-0.2, -0.15) is 0 Å². The van der Waals surface area contributed by atoms with Gasteiger partial charge >= 0.3 is 0 Å². The van der Waals surface area contributed by atoms with E-state index >= 15 is 0 Å². The van der Waals surface area contributed by atoms with Gasteiger partial charge in [0, 0.05) is 12.4 Å². The second-order valence-electron chi connectivity index (χ2n) is 4.52. The number of pyridine rings is 1. The van der Waals surface area contributed by atoms with Gasteiger partial charge in [0.25, 0.3) is 0 Å². The summed E-state index contributed by atoms with van der Waals surface area (Å²) in [7, 11) is 0. The van der Waals surface area contributed by atoms with Crippen LogP contribution in [0.1, 0.15) is 37.8 Å². The molecule has 1 amide bonds. The largest absolute Gasteiger partial charge is 0.348 e. The van der Waals surface area contributed by atoms with Crippen molar-refractivity contribution in [1.29, 1.82) is 0 Å². The van der Waals surface area contributed by atoms with Crippen LogP contribution in [0, 0.1) is 0 Å². The average Bonchev–Trinajstić information content (AvgIpc) is 2.40. The van der Waals surface area contributed by atoms with E-state index in [1.807, 2.05) is 19.1 Å². The van der Waals surface area contributed by atoms with Gasteiger partial charge in [0.15, 0.2) is 0 Å². The third-order valence-corrected chi connectivity index (χ3v) is 3.17. The fourth-order valence-corrected chi connectivity index (χ4v) is 2.11. The van der Waals surface area contributed by atoms with Gasteiger partial charge in [-0.1, -0.05) is 12.5 Å². The zero-order chi connectivity index (χ0) is 12.1. The van der Waals surface area contributed by atoms with Gasteiger partial charge < -0.3 is 10.6 Å². The third-order valence-electron chi connectivity index (χ3n) is 3.17. The van der Waals surface area contributed by atoms with Crippen LogP contribution >= 0.6 is 0 Å². The Morgan fingerprint density at radius 3 is 3.12 bits per heavy atom. The third kappa shape index (κ3) is 3.27. The van der Waals surface area contributed by atoms with E-state index in [2.05, 4.69) is 15.6 Å². The van der Waals surface area contributed by atoms with Crippen LogP contribution in [0.2, 0.25) is 0 Å². The summed E-state index contributed by atoms with van der Waals surface area (Å²) >= 11 is 0. The van der Waals surface area contributed by atoms with Crippen molar-refractivity contribution < 1.29 is 4.79 Å². The molecule has 92 valence electrons. The molecule has 4 heteroatoms. The number of amides is 1. The lowest BCUT2D eigenvalue weighted by Crippen LogP contribution is -2.47. The lowest BCUT2D eigenvalue weighted by atomic mass is 10.0. The number of nitrogens with zero attached hydrogens (tertiary/aromatic N) is 1. The van der Waals surface area contributed by atoms with Gasteiger partial charge in [-0.15, -0.1) is 0 Å². The van der Waals surface area contributed by atoms with E-state index in [-0.39, 0.29) is 18.0 Å². The Hall–Kier alpha value is -1.42. The second-order valence-corrected chi connectivity index (χ2v) is 4.52. The van der Waals surface area contributed by atoms with Crippen LogP contribution in [0.5, 0.6) is 0 Å². The van der Waals surface area contributed by atoms with Crippen molar-refractivity contribution in [2.75, 3.05) is 6.54 Å². The number of rotatable bonds is 3. The van der Waals surface area contributed by atoms with Crippen LogP contribution in [-0.4, -0.2) is 23.5 Å².